The summed E-state index contributed by atoms with van der Waals surface area (Å²) in [5.74, 6) is 1.97. The predicted octanol–water partition coefficient (Wildman–Crippen LogP) is 3.71. The Morgan fingerprint density at radius 1 is 1.08 bits per heavy atom. The lowest BCUT2D eigenvalue weighted by molar-refractivity contribution is 0.410. The van der Waals surface area contributed by atoms with E-state index in [0.29, 0.717) is 12.3 Å². The maximum Gasteiger partial charge on any atom is 0.191 e. The van der Waals surface area contributed by atoms with Crippen LogP contribution in [-0.2, 0) is 13.0 Å². The number of nitrogens with zero attached hydrogens (tertiary/aromatic N) is 1. The first-order valence-corrected chi connectivity index (χ1v) is 8.65. The molecule has 0 amide bonds. The molecule has 0 saturated heterocycles. The number of phenolic OH excluding ortho intramolecular Hbond substituents is 1. The van der Waals surface area contributed by atoms with E-state index in [2.05, 4.69) is 22.5 Å². The summed E-state index contributed by atoms with van der Waals surface area (Å²) < 4.78 is 5.37. The van der Waals surface area contributed by atoms with Crippen molar-refractivity contribution in [1.82, 2.24) is 10.6 Å². The number of ether oxygens (including phenoxy) is 1. The average Bonchev–Trinajstić information content (AvgIpc) is 2.64. The minimum atomic E-state index is 0. The van der Waals surface area contributed by atoms with Gasteiger partial charge in [0.15, 0.2) is 5.96 Å². The molecule has 2 rings (SSSR count). The van der Waals surface area contributed by atoms with Gasteiger partial charge in [-0.2, -0.15) is 0 Å². The van der Waals surface area contributed by atoms with E-state index < -0.39 is 0 Å². The van der Waals surface area contributed by atoms with E-state index in [1.807, 2.05) is 36.4 Å². The molecule has 0 fully saturated rings. The zero-order valence-corrected chi connectivity index (χ0v) is 17.7. The minimum Gasteiger partial charge on any atom is -0.508 e. The van der Waals surface area contributed by atoms with Crippen LogP contribution < -0.4 is 15.4 Å². The zero-order chi connectivity index (χ0) is 17.9. The Bertz CT molecular complexity index is 675. The summed E-state index contributed by atoms with van der Waals surface area (Å²) in [5.41, 5.74) is 2.28. The summed E-state index contributed by atoms with van der Waals surface area (Å²) in [6.07, 6.45) is 1.95. The molecule has 6 heteroatoms. The molecule has 0 saturated carbocycles. The molecule has 0 atom stereocenters. The van der Waals surface area contributed by atoms with Gasteiger partial charge in [-0.1, -0.05) is 30.3 Å². The zero-order valence-electron chi connectivity index (χ0n) is 15.4. The van der Waals surface area contributed by atoms with E-state index in [1.54, 1.807) is 19.2 Å². The largest absolute Gasteiger partial charge is 0.508 e. The van der Waals surface area contributed by atoms with Crippen LogP contribution in [0.4, 0.5) is 0 Å². The molecule has 0 heterocycles. The number of guanidine groups is 1. The molecule has 0 aromatic heterocycles. The highest BCUT2D eigenvalue weighted by Gasteiger charge is 2.02. The van der Waals surface area contributed by atoms with E-state index in [1.165, 1.54) is 5.56 Å². The fourth-order valence-electron chi connectivity index (χ4n) is 2.50. The lowest BCUT2D eigenvalue weighted by Gasteiger charge is -2.12. The van der Waals surface area contributed by atoms with Crippen molar-refractivity contribution in [2.75, 3.05) is 20.2 Å². The van der Waals surface area contributed by atoms with Crippen LogP contribution in [0.3, 0.4) is 0 Å². The second-order valence-corrected chi connectivity index (χ2v) is 5.70. The molecular formula is C20H28IN3O2. The van der Waals surface area contributed by atoms with Crippen molar-refractivity contribution in [2.45, 2.75) is 26.3 Å². The highest BCUT2D eigenvalue weighted by atomic mass is 127. The summed E-state index contributed by atoms with van der Waals surface area (Å²) in [4.78, 5) is 4.63. The number of methoxy groups -OCH3 is 1. The second-order valence-electron chi connectivity index (χ2n) is 5.70. The second kappa shape index (κ2) is 12.4. The highest BCUT2D eigenvalue weighted by Crippen LogP contribution is 2.17. The molecule has 0 aliphatic heterocycles. The number of aliphatic imine (C=N–C) groups is 1. The van der Waals surface area contributed by atoms with Gasteiger partial charge in [0.1, 0.15) is 11.5 Å². The van der Waals surface area contributed by atoms with Crippen LogP contribution in [0.25, 0.3) is 0 Å². The van der Waals surface area contributed by atoms with E-state index in [9.17, 15) is 5.11 Å². The van der Waals surface area contributed by atoms with Gasteiger partial charge in [0.2, 0.25) is 0 Å². The van der Waals surface area contributed by atoms with Gasteiger partial charge < -0.3 is 20.5 Å². The van der Waals surface area contributed by atoms with Gasteiger partial charge in [0.25, 0.3) is 0 Å². The normalized spacial score (nSPS) is 10.8. The highest BCUT2D eigenvalue weighted by molar-refractivity contribution is 14.0. The molecule has 2 aromatic rings. The number of aromatic hydroxyl groups is 1. The maximum absolute atomic E-state index is 9.31. The van der Waals surface area contributed by atoms with Crippen molar-refractivity contribution in [3.63, 3.8) is 0 Å². The van der Waals surface area contributed by atoms with Crippen molar-refractivity contribution in [1.29, 1.82) is 0 Å². The predicted molar refractivity (Wildman–Crippen MR) is 118 cm³/mol. The molecule has 3 N–H and O–H groups in total. The number of aryl methyl sites for hydroxylation is 1. The number of nitrogens with one attached hydrogen (secondary N) is 2. The third kappa shape index (κ3) is 7.51. The van der Waals surface area contributed by atoms with Crippen molar-refractivity contribution < 1.29 is 9.84 Å². The molecule has 0 unspecified atom stereocenters. The summed E-state index contributed by atoms with van der Waals surface area (Å²) in [7, 11) is 1.68. The fourth-order valence-corrected chi connectivity index (χ4v) is 2.50. The Kier molecular flexibility index (Phi) is 10.5. The first-order chi connectivity index (χ1) is 12.2. The Labute approximate surface area is 172 Å². The first-order valence-electron chi connectivity index (χ1n) is 8.65. The molecular weight excluding hydrogens is 441 g/mol. The van der Waals surface area contributed by atoms with Gasteiger partial charge in [-0.3, -0.25) is 0 Å². The number of phenols is 1. The van der Waals surface area contributed by atoms with E-state index in [4.69, 9.17) is 4.74 Å². The summed E-state index contributed by atoms with van der Waals surface area (Å²) >= 11 is 0. The molecule has 0 spiro atoms. The van der Waals surface area contributed by atoms with Crippen molar-refractivity contribution in [3.8, 4) is 11.5 Å². The third-order valence-electron chi connectivity index (χ3n) is 3.82. The van der Waals surface area contributed by atoms with Gasteiger partial charge in [0.05, 0.1) is 13.7 Å². The van der Waals surface area contributed by atoms with Crippen LogP contribution in [0.5, 0.6) is 11.5 Å². The lowest BCUT2D eigenvalue weighted by Crippen LogP contribution is -2.37. The van der Waals surface area contributed by atoms with E-state index in [-0.39, 0.29) is 24.0 Å². The van der Waals surface area contributed by atoms with E-state index in [0.717, 1.165) is 43.2 Å². The molecule has 26 heavy (non-hydrogen) atoms. The molecule has 142 valence electrons. The molecule has 0 bridgehead atoms. The number of benzene rings is 2. The number of hydrogen-bond acceptors (Lipinski definition) is 3. The van der Waals surface area contributed by atoms with Crippen molar-refractivity contribution in [2.24, 2.45) is 4.99 Å². The van der Waals surface area contributed by atoms with Crippen LogP contribution >= 0.6 is 24.0 Å². The lowest BCUT2D eigenvalue weighted by atomic mass is 10.1. The Balaban J connectivity index is 0.00000338. The minimum absolute atomic E-state index is 0. The fraction of sp³-hybridized carbons (Fsp3) is 0.350. The van der Waals surface area contributed by atoms with Crippen LogP contribution in [0, 0.1) is 0 Å². The molecule has 0 aliphatic rings. The molecule has 2 aromatic carbocycles. The molecule has 5 nitrogen and oxygen atoms in total. The van der Waals surface area contributed by atoms with Gasteiger partial charge in [-0.15, -0.1) is 24.0 Å². The van der Waals surface area contributed by atoms with Crippen molar-refractivity contribution >= 4 is 29.9 Å². The quantitative estimate of drug-likeness (QED) is 0.239. The van der Waals surface area contributed by atoms with Gasteiger partial charge in [-0.25, -0.2) is 4.99 Å². The van der Waals surface area contributed by atoms with Gasteiger partial charge in [0, 0.05) is 18.7 Å². The average molecular weight is 469 g/mol. The number of hydrogen-bond donors (Lipinski definition) is 3. The van der Waals surface area contributed by atoms with Crippen LogP contribution in [0.15, 0.2) is 53.5 Å². The first kappa shape index (κ1) is 22.1. The SMILES string of the molecule is CCNC(=NCc1ccccc1OC)NCCCc1ccc(O)cc1.I. The van der Waals surface area contributed by atoms with Crippen LogP contribution in [0.2, 0.25) is 0 Å². The number of rotatable bonds is 8. The van der Waals surface area contributed by atoms with Crippen LogP contribution in [-0.4, -0.2) is 31.3 Å². The summed E-state index contributed by atoms with van der Waals surface area (Å²) in [6.45, 7) is 4.27. The monoisotopic (exact) mass is 469 g/mol. The Morgan fingerprint density at radius 2 is 1.81 bits per heavy atom. The standard InChI is InChI=1S/C20H27N3O2.HI/c1-3-21-20(23-15-17-8-4-5-9-19(17)25-2)22-14-6-7-16-10-12-18(24)13-11-16;/h4-5,8-13,24H,3,6-7,14-15H2,1-2H3,(H2,21,22,23);1H. The topological polar surface area (TPSA) is 65.9 Å². The number of para-hydroxylation sites is 1. The van der Waals surface area contributed by atoms with Gasteiger partial charge in [-0.05, 0) is 43.5 Å². The Hall–Kier alpha value is -1.96. The van der Waals surface area contributed by atoms with Crippen LogP contribution in [0.1, 0.15) is 24.5 Å². The van der Waals surface area contributed by atoms with Crippen molar-refractivity contribution in [3.05, 3.63) is 59.7 Å². The van der Waals surface area contributed by atoms with E-state index >= 15 is 0 Å². The Morgan fingerprint density at radius 3 is 2.50 bits per heavy atom. The molecule has 0 aliphatic carbocycles. The smallest absolute Gasteiger partial charge is 0.191 e. The third-order valence-corrected chi connectivity index (χ3v) is 3.82. The maximum atomic E-state index is 9.31. The summed E-state index contributed by atoms with van der Waals surface area (Å²) in [6, 6.07) is 15.3. The molecule has 0 radical (unpaired) electrons. The van der Waals surface area contributed by atoms with Gasteiger partial charge >= 0.3 is 0 Å². The number of halogens is 1. The summed E-state index contributed by atoms with van der Waals surface area (Å²) in [5, 5.41) is 15.9.